The largest absolute Gasteiger partial charge is 0.462 e. The van der Waals surface area contributed by atoms with E-state index in [1.807, 2.05) is 0 Å². The number of hydrogen-bond donors (Lipinski definition) is 7. The molecule has 0 spiro atoms. The molecule has 2 aliphatic rings. The number of carbonyl (C=O) groups is 2. The number of rotatable bonds is 38. The number of ether oxygens (including phenoxy) is 6. The summed E-state index contributed by atoms with van der Waals surface area (Å²) in [5.41, 5.74) is 0. The summed E-state index contributed by atoms with van der Waals surface area (Å²) in [4.78, 5) is 25.7. The highest BCUT2D eigenvalue weighted by Gasteiger charge is 2.47. The van der Waals surface area contributed by atoms with Crippen LogP contribution in [0.15, 0.2) is 0 Å². The van der Waals surface area contributed by atoms with E-state index >= 15 is 0 Å². The Morgan fingerprint density at radius 1 is 0.484 bits per heavy atom. The minimum Gasteiger partial charge on any atom is -0.462 e. The highest BCUT2D eigenvalue weighted by molar-refractivity contribution is 5.70. The molecule has 11 atom stereocenters. The standard InChI is InChI=1S/C47H88O15/c1-3-5-7-9-11-13-15-17-19-21-23-25-27-29-38(49)57-32-35(60-39(50)30-28-26-24-22-20-18-16-14-12-10-8-6-4-2)33-58-46-45(56)43(54)41(52)37(62-46)34-59-47-44(55)42(53)40(51)36(31-48)61-47/h35-37,40-48,51-56H,3-34H2,1-2H3/t35-,36-,37-,40-,41+,42+,43+,44-,45-,46-,47-/m1/s1/i1D3,2D3. The van der Waals surface area contributed by atoms with E-state index in [2.05, 4.69) is 0 Å². The van der Waals surface area contributed by atoms with Crippen LogP contribution in [0.1, 0.15) is 202 Å². The van der Waals surface area contributed by atoms with Crippen LogP contribution in [0.5, 0.6) is 0 Å². The van der Waals surface area contributed by atoms with E-state index in [0.29, 0.717) is 12.8 Å². The molecule has 0 aromatic rings. The zero-order valence-electron chi connectivity index (χ0n) is 43.4. The second-order valence-electron chi connectivity index (χ2n) is 17.2. The molecule has 0 bridgehead atoms. The van der Waals surface area contributed by atoms with Gasteiger partial charge in [0.05, 0.1) is 19.8 Å². The third kappa shape index (κ3) is 24.1. The van der Waals surface area contributed by atoms with Crippen molar-refractivity contribution in [3.63, 3.8) is 0 Å². The van der Waals surface area contributed by atoms with Crippen molar-refractivity contribution in [2.45, 2.75) is 261 Å². The second kappa shape index (κ2) is 35.7. The maximum Gasteiger partial charge on any atom is 0.306 e. The van der Waals surface area contributed by atoms with Gasteiger partial charge in [0.25, 0.3) is 0 Å². The molecular weight excluding hydrogens is 805 g/mol. The number of esters is 2. The molecule has 0 radical (unpaired) electrons. The summed E-state index contributed by atoms with van der Waals surface area (Å²) in [7, 11) is 0. The predicted molar refractivity (Wildman–Crippen MR) is 234 cm³/mol. The minimum absolute atomic E-state index is 0.117. The molecular formula is C47H88O15. The van der Waals surface area contributed by atoms with Crippen LogP contribution >= 0.6 is 0 Å². The van der Waals surface area contributed by atoms with E-state index in [4.69, 9.17) is 36.6 Å². The Bertz CT molecular complexity index is 1300. The lowest BCUT2D eigenvalue weighted by Crippen LogP contribution is -2.61. The van der Waals surface area contributed by atoms with E-state index in [0.717, 1.165) is 141 Å². The van der Waals surface area contributed by atoms with Gasteiger partial charge in [-0.1, -0.05) is 168 Å². The molecule has 15 heteroatoms. The topological polar surface area (TPSA) is 231 Å². The molecule has 2 rings (SSSR count). The van der Waals surface area contributed by atoms with Crippen molar-refractivity contribution in [1.82, 2.24) is 0 Å². The highest BCUT2D eigenvalue weighted by Crippen LogP contribution is 2.26. The van der Waals surface area contributed by atoms with Crippen LogP contribution in [0.2, 0.25) is 0 Å². The lowest BCUT2D eigenvalue weighted by atomic mass is 9.98. The molecule has 15 nitrogen and oxygen atoms in total. The Labute approximate surface area is 381 Å². The summed E-state index contributed by atoms with van der Waals surface area (Å²) in [5.74, 6) is -1.01. The van der Waals surface area contributed by atoms with Crippen LogP contribution in [-0.4, -0.2) is 142 Å². The van der Waals surface area contributed by atoms with Crippen molar-refractivity contribution >= 4 is 11.9 Å². The van der Waals surface area contributed by atoms with E-state index in [9.17, 15) is 45.3 Å². The molecule has 0 aliphatic carbocycles. The molecule has 0 unspecified atom stereocenters. The molecule has 2 heterocycles. The van der Waals surface area contributed by atoms with Gasteiger partial charge in [0, 0.05) is 21.1 Å². The lowest BCUT2D eigenvalue weighted by Gasteiger charge is -2.42. The molecule has 0 saturated carbocycles. The SMILES string of the molecule is [2H]C([2H])([2H])CCCCCCCCCCCCCCC(=O)OC[C@H](CO[C@@H]1O[C@H](CO[C@@H]2O[C@H](CO)[C@@H](O)[C@H](O)[C@H]2O)[C@H](O)[C@H](O)[C@H]1O)OC(=O)CCCCCCCCCCCCCCC([2H])([2H])[2H]. The van der Waals surface area contributed by atoms with Gasteiger partial charge in [-0.25, -0.2) is 0 Å². The van der Waals surface area contributed by atoms with Gasteiger partial charge in [0.2, 0.25) is 0 Å². The molecule has 62 heavy (non-hydrogen) atoms. The number of aliphatic hydroxyl groups is 7. The third-order valence-corrected chi connectivity index (χ3v) is 11.7. The Kier molecular flexibility index (Phi) is 27.1. The molecule has 2 aliphatic heterocycles. The van der Waals surface area contributed by atoms with Gasteiger partial charge in [-0.2, -0.15) is 0 Å². The number of hydrogen-bond acceptors (Lipinski definition) is 15. The van der Waals surface area contributed by atoms with Crippen molar-refractivity contribution in [3.8, 4) is 0 Å². The van der Waals surface area contributed by atoms with Gasteiger partial charge < -0.3 is 64.2 Å². The van der Waals surface area contributed by atoms with Crippen LogP contribution in [0.3, 0.4) is 0 Å². The van der Waals surface area contributed by atoms with Crippen LogP contribution in [-0.2, 0) is 38.0 Å². The normalized spacial score (nSPS) is 28.8. The molecule has 366 valence electrons. The third-order valence-electron chi connectivity index (χ3n) is 11.7. The van der Waals surface area contributed by atoms with Gasteiger partial charge in [0.1, 0.15) is 55.4 Å². The van der Waals surface area contributed by atoms with E-state index in [-0.39, 0.29) is 32.3 Å². The maximum atomic E-state index is 13.0. The van der Waals surface area contributed by atoms with Crippen molar-refractivity contribution in [3.05, 3.63) is 0 Å². The fourth-order valence-electron chi connectivity index (χ4n) is 7.73. The van der Waals surface area contributed by atoms with Crippen LogP contribution in [0.4, 0.5) is 0 Å². The van der Waals surface area contributed by atoms with Crippen molar-refractivity contribution in [1.29, 1.82) is 0 Å². The second-order valence-corrected chi connectivity index (χ2v) is 17.2. The molecule has 0 aromatic carbocycles. The summed E-state index contributed by atoms with van der Waals surface area (Å²) >= 11 is 0. The van der Waals surface area contributed by atoms with Crippen LogP contribution < -0.4 is 0 Å². The average Bonchev–Trinajstić information content (AvgIpc) is 3.28. The smallest absolute Gasteiger partial charge is 0.306 e. The van der Waals surface area contributed by atoms with Gasteiger partial charge in [0.15, 0.2) is 18.7 Å². The van der Waals surface area contributed by atoms with E-state index in [1.165, 1.54) is 0 Å². The summed E-state index contributed by atoms with van der Waals surface area (Å²) in [5, 5.41) is 72.0. The summed E-state index contributed by atoms with van der Waals surface area (Å²) in [6.45, 7) is -5.68. The molecule has 7 N–H and O–H groups in total. The van der Waals surface area contributed by atoms with Crippen molar-refractivity contribution in [2.75, 3.05) is 26.4 Å². The lowest BCUT2D eigenvalue weighted by molar-refractivity contribution is -0.332. The predicted octanol–water partition coefficient (Wildman–Crippen LogP) is 6.04. The van der Waals surface area contributed by atoms with E-state index in [1.54, 1.807) is 0 Å². The number of carbonyl (C=O) groups excluding carboxylic acids is 2. The van der Waals surface area contributed by atoms with Crippen molar-refractivity contribution < 1.29 is 82.0 Å². The van der Waals surface area contributed by atoms with Crippen LogP contribution in [0, 0.1) is 0 Å². The monoisotopic (exact) mass is 899 g/mol. The number of unbranched alkanes of at least 4 members (excludes halogenated alkanes) is 22. The van der Waals surface area contributed by atoms with Gasteiger partial charge in [-0.3, -0.25) is 9.59 Å². The zero-order valence-corrected chi connectivity index (χ0v) is 37.4. The Morgan fingerprint density at radius 3 is 1.32 bits per heavy atom. The first-order valence-electron chi connectivity index (χ1n) is 26.9. The van der Waals surface area contributed by atoms with Gasteiger partial charge in [-0.05, 0) is 12.8 Å². The van der Waals surface area contributed by atoms with E-state index < -0.39 is 113 Å². The molecule has 0 aromatic heterocycles. The quantitative estimate of drug-likeness (QED) is 0.0277. The maximum absolute atomic E-state index is 13.0. The first kappa shape index (κ1) is 47.0. The van der Waals surface area contributed by atoms with Crippen molar-refractivity contribution in [2.24, 2.45) is 0 Å². The average molecular weight is 899 g/mol. The summed E-state index contributed by atoms with van der Waals surface area (Å²) < 4.78 is 77.1. The highest BCUT2D eigenvalue weighted by atomic mass is 16.7. The Morgan fingerprint density at radius 2 is 0.871 bits per heavy atom. The van der Waals surface area contributed by atoms with Crippen LogP contribution in [0.25, 0.3) is 0 Å². The molecule has 0 amide bonds. The fraction of sp³-hybridized carbons (Fsp3) is 0.957. The Balaban J connectivity index is 1.79. The first-order valence-corrected chi connectivity index (χ1v) is 23.9. The van der Waals surface area contributed by atoms with Gasteiger partial charge in [-0.15, -0.1) is 0 Å². The first-order chi connectivity index (χ1) is 32.3. The Hall–Kier alpha value is -1.50. The summed E-state index contributed by atoms with van der Waals surface area (Å²) in [6, 6.07) is 0. The molecule has 2 saturated heterocycles. The van der Waals surface area contributed by atoms with Gasteiger partial charge >= 0.3 is 11.9 Å². The minimum atomic E-state index is -1.84. The fourth-order valence-corrected chi connectivity index (χ4v) is 7.73. The summed E-state index contributed by atoms with van der Waals surface area (Å²) in [6.07, 6.45) is 7.37. The molecule has 2 fully saturated rings. The number of aliphatic hydroxyl groups excluding tert-OH is 7. The zero-order chi connectivity index (χ0) is 50.4.